The molecule has 0 bridgehead atoms. The van der Waals surface area contributed by atoms with Crippen LogP contribution in [0.3, 0.4) is 0 Å². The summed E-state index contributed by atoms with van der Waals surface area (Å²) in [7, 11) is 0. The van der Waals surface area contributed by atoms with Gasteiger partial charge in [0.25, 0.3) is 0 Å². The van der Waals surface area contributed by atoms with Crippen LogP contribution in [0.4, 0.5) is 0 Å². The van der Waals surface area contributed by atoms with Gasteiger partial charge in [-0.3, -0.25) is 14.4 Å². The van der Waals surface area contributed by atoms with Crippen molar-refractivity contribution in [3.63, 3.8) is 0 Å². The van der Waals surface area contributed by atoms with Gasteiger partial charge in [0.05, 0.1) is 12.1 Å². The molecule has 6 nitrogen and oxygen atoms in total. The van der Waals surface area contributed by atoms with Crippen molar-refractivity contribution < 1.29 is 24.6 Å². The summed E-state index contributed by atoms with van der Waals surface area (Å²) in [6.07, 6.45) is 3.25. The van der Waals surface area contributed by atoms with E-state index < -0.39 is 17.3 Å². The lowest BCUT2D eigenvalue weighted by Crippen LogP contribution is -2.49. The monoisotopic (exact) mass is 393 g/mol. The van der Waals surface area contributed by atoms with E-state index in [-0.39, 0.29) is 30.0 Å². The first-order chi connectivity index (χ1) is 14.0. The van der Waals surface area contributed by atoms with Crippen molar-refractivity contribution in [3.8, 4) is 11.3 Å². The molecule has 1 saturated carbocycles. The summed E-state index contributed by atoms with van der Waals surface area (Å²) in [5.41, 5.74) is 1.06. The van der Waals surface area contributed by atoms with Crippen LogP contribution in [0.25, 0.3) is 17.0 Å². The molecule has 0 radical (unpaired) electrons. The number of Topliss-reactive ketones (excluding diaryl/α,β-unsaturated/α-hetero) is 2. The SMILES string of the molecule is O=C(O)CCC(=O)C1=C(O)c2ccc(-c3ccccc3)n2C2(CCCCC2)C1=O. The van der Waals surface area contributed by atoms with Crippen molar-refractivity contribution >= 4 is 23.3 Å². The van der Waals surface area contributed by atoms with Gasteiger partial charge in [-0.05, 0) is 30.5 Å². The Labute approximate surface area is 168 Å². The highest BCUT2D eigenvalue weighted by Crippen LogP contribution is 2.47. The second-order valence-electron chi connectivity index (χ2n) is 7.77. The van der Waals surface area contributed by atoms with Crippen LogP contribution in [-0.2, 0) is 19.9 Å². The molecule has 29 heavy (non-hydrogen) atoms. The van der Waals surface area contributed by atoms with E-state index in [4.69, 9.17) is 5.11 Å². The van der Waals surface area contributed by atoms with Gasteiger partial charge in [0.2, 0.25) is 0 Å². The summed E-state index contributed by atoms with van der Waals surface area (Å²) in [5, 5.41) is 19.8. The zero-order valence-electron chi connectivity index (χ0n) is 16.1. The first kappa shape index (κ1) is 19.2. The number of fused-ring (bicyclic) bond motifs is 2. The van der Waals surface area contributed by atoms with Crippen molar-refractivity contribution in [2.45, 2.75) is 50.5 Å². The van der Waals surface area contributed by atoms with Gasteiger partial charge in [0.15, 0.2) is 17.3 Å². The van der Waals surface area contributed by atoms with Crippen LogP contribution < -0.4 is 0 Å². The summed E-state index contributed by atoms with van der Waals surface area (Å²) < 4.78 is 1.91. The fourth-order valence-corrected chi connectivity index (χ4v) is 4.68. The number of aliphatic carboxylic acids is 1. The molecule has 1 aliphatic heterocycles. The van der Waals surface area contributed by atoms with Gasteiger partial charge in [-0.1, -0.05) is 49.6 Å². The van der Waals surface area contributed by atoms with Crippen molar-refractivity contribution in [3.05, 3.63) is 53.7 Å². The number of aliphatic hydroxyl groups excluding tert-OH is 1. The van der Waals surface area contributed by atoms with Crippen molar-refractivity contribution in [1.82, 2.24) is 4.57 Å². The Morgan fingerprint density at radius 1 is 0.931 bits per heavy atom. The van der Waals surface area contributed by atoms with E-state index in [0.29, 0.717) is 18.5 Å². The molecule has 0 amide bonds. The van der Waals surface area contributed by atoms with E-state index >= 15 is 0 Å². The van der Waals surface area contributed by atoms with Crippen LogP contribution in [0.2, 0.25) is 0 Å². The smallest absolute Gasteiger partial charge is 0.303 e. The van der Waals surface area contributed by atoms with E-state index in [1.807, 2.05) is 41.0 Å². The number of carboxylic acids is 1. The third kappa shape index (κ3) is 3.09. The molecule has 6 heteroatoms. The van der Waals surface area contributed by atoms with Crippen LogP contribution in [0.1, 0.15) is 50.6 Å². The maximum atomic E-state index is 13.6. The van der Waals surface area contributed by atoms with Crippen molar-refractivity contribution in [1.29, 1.82) is 0 Å². The Bertz CT molecular complexity index is 1010. The maximum absolute atomic E-state index is 13.6. The Hall–Kier alpha value is -3.15. The molecule has 4 rings (SSSR count). The topological polar surface area (TPSA) is 96.6 Å². The second-order valence-corrected chi connectivity index (χ2v) is 7.77. The lowest BCUT2D eigenvalue weighted by atomic mass is 9.72. The molecular weight excluding hydrogens is 370 g/mol. The molecule has 1 aromatic carbocycles. The number of aliphatic hydroxyl groups is 1. The minimum absolute atomic E-state index is 0.238. The highest BCUT2D eigenvalue weighted by atomic mass is 16.4. The number of allylic oxidation sites excluding steroid dienone is 1. The third-order valence-electron chi connectivity index (χ3n) is 6.03. The molecular formula is C23H23NO5. The minimum atomic E-state index is -1.11. The van der Waals surface area contributed by atoms with Gasteiger partial charge < -0.3 is 14.8 Å². The molecule has 2 aliphatic rings. The second kappa shape index (κ2) is 7.35. The molecule has 2 heterocycles. The van der Waals surface area contributed by atoms with Crippen LogP contribution in [-0.4, -0.2) is 32.3 Å². The Kier molecular flexibility index (Phi) is 4.86. The highest BCUT2D eigenvalue weighted by molar-refractivity contribution is 6.27. The van der Waals surface area contributed by atoms with Gasteiger partial charge in [-0.15, -0.1) is 0 Å². The van der Waals surface area contributed by atoms with Crippen molar-refractivity contribution in [2.24, 2.45) is 0 Å². The number of benzene rings is 1. The molecule has 1 fully saturated rings. The first-order valence-corrected chi connectivity index (χ1v) is 9.97. The molecule has 1 spiro atoms. The molecule has 2 aromatic rings. The molecule has 0 unspecified atom stereocenters. The Morgan fingerprint density at radius 2 is 1.59 bits per heavy atom. The Morgan fingerprint density at radius 3 is 2.24 bits per heavy atom. The molecule has 150 valence electrons. The van der Waals surface area contributed by atoms with Gasteiger partial charge >= 0.3 is 5.97 Å². The Balaban J connectivity index is 1.89. The molecule has 2 N–H and O–H groups in total. The summed E-state index contributed by atoms with van der Waals surface area (Å²) >= 11 is 0. The van der Waals surface area contributed by atoms with Crippen LogP contribution in [0.15, 0.2) is 48.0 Å². The lowest BCUT2D eigenvalue weighted by Gasteiger charge is -2.42. The van der Waals surface area contributed by atoms with Crippen molar-refractivity contribution in [2.75, 3.05) is 0 Å². The normalized spacial score (nSPS) is 18.0. The number of carbonyl (C=O) groups excluding carboxylic acids is 2. The average Bonchev–Trinajstić information content (AvgIpc) is 3.19. The fourth-order valence-electron chi connectivity index (χ4n) is 4.68. The molecule has 1 aliphatic carbocycles. The number of rotatable bonds is 5. The zero-order chi connectivity index (χ0) is 20.6. The predicted octanol–water partition coefficient (Wildman–Crippen LogP) is 4.10. The highest BCUT2D eigenvalue weighted by Gasteiger charge is 2.50. The number of carbonyl (C=O) groups is 3. The van der Waals surface area contributed by atoms with Crippen LogP contribution >= 0.6 is 0 Å². The standard InChI is InChI=1S/C23H23NO5/c25-18(11-12-19(26)27)20-21(28)17-10-9-16(15-7-3-1-4-8-15)24(17)23(22(20)29)13-5-2-6-14-23/h1,3-4,7-10,28H,2,5-6,11-14H2,(H,26,27). The lowest BCUT2D eigenvalue weighted by molar-refractivity contribution is -0.138. The minimum Gasteiger partial charge on any atom is -0.505 e. The maximum Gasteiger partial charge on any atom is 0.303 e. The molecule has 0 atom stereocenters. The number of nitrogens with zero attached hydrogens (tertiary/aromatic N) is 1. The largest absolute Gasteiger partial charge is 0.505 e. The summed E-state index contributed by atoms with van der Waals surface area (Å²) in [5.74, 6) is -2.44. The fraction of sp³-hybridized carbons (Fsp3) is 0.348. The average molecular weight is 393 g/mol. The van der Waals surface area contributed by atoms with Gasteiger partial charge in [-0.2, -0.15) is 0 Å². The van der Waals surface area contributed by atoms with E-state index in [0.717, 1.165) is 30.5 Å². The third-order valence-corrected chi connectivity index (χ3v) is 6.03. The quantitative estimate of drug-likeness (QED) is 0.746. The number of carboxylic acid groups (broad SMARTS) is 1. The first-order valence-electron chi connectivity index (χ1n) is 9.97. The number of hydrogen-bond donors (Lipinski definition) is 2. The number of hydrogen-bond acceptors (Lipinski definition) is 4. The molecule has 0 saturated heterocycles. The summed E-state index contributed by atoms with van der Waals surface area (Å²) in [4.78, 5) is 37.2. The van der Waals surface area contributed by atoms with E-state index in [1.54, 1.807) is 6.07 Å². The number of ketones is 2. The van der Waals surface area contributed by atoms with Crippen LogP contribution in [0.5, 0.6) is 0 Å². The predicted molar refractivity (Wildman–Crippen MR) is 107 cm³/mol. The summed E-state index contributed by atoms with van der Waals surface area (Å²) in [6.45, 7) is 0. The zero-order valence-corrected chi connectivity index (χ0v) is 16.1. The summed E-state index contributed by atoms with van der Waals surface area (Å²) in [6, 6.07) is 13.3. The van der Waals surface area contributed by atoms with Gasteiger partial charge in [0.1, 0.15) is 11.1 Å². The number of aromatic nitrogens is 1. The van der Waals surface area contributed by atoms with E-state index in [9.17, 15) is 19.5 Å². The van der Waals surface area contributed by atoms with Crippen LogP contribution in [0, 0.1) is 0 Å². The van der Waals surface area contributed by atoms with E-state index in [2.05, 4.69) is 0 Å². The van der Waals surface area contributed by atoms with Gasteiger partial charge in [0, 0.05) is 12.1 Å². The van der Waals surface area contributed by atoms with E-state index in [1.165, 1.54) is 0 Å². The molecule has 1 aromatic heterocycles. The van der Waals surface area contributed by atoms with Gasteiger partial charge in [-0.25, -0.2) is 0 Å².